The fourth-order valence-electron chi connectivity index (χ4n) is 1.46. The summed E-state index contributed by atoms with van der Waals surface area (Å²) in [6.07, 6.45) is 0.342. The molecule has 0 bridgehead atoms. The van der Waals surface area contributed by atoms with E-state index >= 15 is 0 Å². The Bertz CT molecular complexity index is 546. The summed E-state index contributed by atoms with van der Waals surface area (Å²) in [7, 11) is -0.824. The first kappa shape index (κ1) is 15.6. The van der Waals surface area contributed by atoms with Gasteiger partial charge in [-0.15, -0.1) is 0 Å². The highest BCUT2D eigenvalue weighted by Gasteiger charge is 2.17. The summed E-state index contributed by atoms with van der Waals surface area (Å²) in [4.78, 5) is 12.9. The zero-order valence-corrected chi connectivity index (χ0v) is 11.7. The molecule has 0 aromatic heterocycles. The van der Waals surface area contributed by atoms with Crippen molar-refractivity contribution in [3.05, 3.63) is 35.6 Å². The second kappa shape index (κ2) is 6.63. The van der Waals surface area contributed by atoms with Crippen molar-refractivity contribution in [2.45, 2.75) is 6.42 Å². The lowest BCUT2D eigenvalue weighted by molar-refractivity contribution is -0.127. The first-order valence-electron chi connectivity index (χ1n) is 5.74. The van der Waals surface area contributed by atoms with E-state index in [0.717, 1.165) is 0 Å². The van der Waals surface area contributed by atoms with Crippen LogP contribution >= 0.6 is 0 Å². The molecule has 106 valence electrons. The maximum Gasteiger partial charge on any atom is 0.238 e. The van der Waals surface area contributed by atoms with Crippen LogP contribution in [-0.2, 0) is 21.2 Å². The zero-order valence-electron chi connectivity index (χ0n) is 10.9. The molecule has 5 nitrogen and oxygen atoms in total. The van der Waals surface area contributed by atoms with Crippen LogP contribution in [0.2, 0.25) is 0 Å². The summed E-state index contributed by atoms with van der Waals surface area (Å²) >= 11 is 0. The predicted octanol–water partition coefficient (Wildman–Crippen LogP) is 0.376. The summed E-state index contributed by atoms with van der Waals surface area (Å²) in [5.74, 6) is -1.45. The van der Waals surface area contributed by atoms with Crippen molar-refractivity contribution in [2.75, 3.05) is 26.4 Å². The molecule has 0 aliphatic rings. The van der Waals surface area contributed by atoms with Gasteiger partial charge >= 0.3 is 0 Å². The van der Waals surface area contributed by atoms with E-state index < -0.39 is 21.7 Å². The quantitative estimate of drug-likeness (QED) is 0.823. The van der Waals surface area contributed by atoms with Crippen molar-refractivity contribution in [1.29, 1.82) is 0 Å². The lowest BCUT2D eigenvalue weighted by Crippen LogP contribution is -2.37. The molecule has 1 rings (SSSR count). The second-order valence-corrected chi connectivity index (χ2v) is 6.05. The monoisotopic (exact) mass is 288 g/mol. The average Bonchev–Trinajstić information content (AvgIpc) is 2.37. The second-order valence-electron chi connectivity index (χ2n) is 4.12. The first-order valence-corrected chi connectivity index (χ1v) is 7.39. The van der Waals surface area contributed by atoms with E-state index in [2.05, 4.69) is 4.72 Å². The Morgan fingerprint density at radius 1 is 1.37 bits per heavy atom. The average molecular weight is 288 g/mol. The number of carbonyl (C=O) groups excluding carboxylic acids is 1. The van der Waals surface area contributed by atoms with Crippen LogP contribution < -0.4 is 4.72 Å². The van der Waals surface area contributed by atoms with Crippen LogP contribution in [0.15, 0.2) is 24.3 Å². The van der Waals surface area contributed by atoms with Crippen molar-refractivity contribution >= 4 is 15.9 Å². The van der Waals surface area contributed by atoms with Gasteiger partial charge in [0.1, 0.15) is 11.6 Å². The molecule has 0 heterocycles. The molecule has 0 atom stereocenters. The minimum Gasteiger partial charge on any atom is -0.345 e. The van der Waals surface area contributed by atoms with Gasteiger partial charge in [-0.1, -0.05) is 18.2 Å². The molecule has 7 heteroatoms. The third kappa shape index (κ3) is 4.96. The third-order valence-electron chi connectivity index (χ3n) is 2.72. The Morgan fingerprint density at radius 2 is 2.00 bits per heavy atom. The number of nitrogens with zero attached hydrogens (tertiary/aromatic N) is 1. The van der Waals surface area contributed by atoms with Crippen LogP contribution in [0.1, 0.15) is 5.56 Å². The molecule has 19 heavy (non-hydrogen) atoms. The molecule has 0 radical (unpaired) electrons. The normalized spacial score (nSPS) is 11.3. The van der Waals surface area contributed by atoms with Gasteiger partial charge in [-0.3, -0.25) is 4.79 Å². The van der Waals surface area contributed by atoms with Gasteiger partial charge in [0.05, 0.1) is 0 Å². The third-order valence-corrected chi connectivity index (χ3v) is 3.97. The molecule has 1 aromatic rings. The Balaban J connectivity index is 2.54. The number of hydrogen-bond acceptors (Lipinski definition) is 3. The first-order chi connectivity index (χ1) is 8.85. The largest absolute Gasteiger partial charge is 0.345 e. The summed E-state index contributed by atoms with van der Waals surface area (Å²) in [5, 5.41) is 0. The molecular weight excluding hydrogens is 271 g/mol. The summed E-state index contributed by atoms with van der Waals surface area (Å²) < 4.78 is 37.9. The molecular formula is C12H17FN2O3S. The molecule has 1 N–H and O–H groups in total. The predicted molar refractivity (Wildman–Crippen MR) is 70.6 cm³/mol. The van der Waals surface area contributed by atoms with E-state index in [1.54, 1.807) is 18.2 Å². The van der Waals surface area contributed by atoms with Gasteiger partial charge in [-0.05, 0) is 25.1 Å². The molecule has 0 saturated heterocycles. The number of likely N-dealkylation sites (N-methyl/N-ethyl adjacent to an activating group) is 1. The Labute approximate surface area is 112 Å². The number of nitrogens with one attached hydrogen (secondary N) is 1. The Hall–Kier alpha value is -1.47. The molecule has 0 fully saturated rings. The molecule has 1 amide bonds. The summed E-state index contributed by atoms with van der Waals surface area (Å²) in [6, 6.07) is 6.29. The van der Waals surface area contributed by atoms with Crippen LogP contribution in [0.4, 0.5) is 4.39 Å². The molecule has 0 aliphatic heterocycles. The minimum absolute atomic E-state index is 0.263. The maximum absolute atomic E-state index is 13.4. The number of halogens is 1. The Morgan fingerprint density at radius 3 is 2.58 bits per heavy atom. The lowest BCUT2D eigenvalue weighted by Gasteiger charge is -2.17. The van der Waals surface area contributed by atoms with Gasteiger partial charge in [-0.25, -0.2) is 17.5 Å². The van der Waals surface area contributed by atoms with Gasteiger partial charge < -0.3 is 4.90 Å². The van der Waals surface area contributed by atoms with Crippen molar-refractivity contribution in [2.24, 2.45) is 0 Å². The van der Waals surface area contributed by atoms with Gasteiger partial charge in [0.15, 0.2) is 0 Å². The topological polar surface area (TPSA) is 66.5 Å². The van der Waals surface area contributed by atoms with E-state index in [1.165, 1.54) is 25.1 Å². The van der Waals surface area contributed by atoms with E-state index in [9.17, 15) is 17.6 Å². The van der Waals surface area contributed by atoms with E-state index in [1.807, 2.05) is 0 Å². The van der Waals surface area contributed by atoms with Crippen LogP contribution in [0, 0.1) is 5.82 Å². The fourth-order valence-corrected chi connectivity index (χ4v) is 2.15. The highest BCUT2D eigenvalue weighted by Crippen LogP contribution is 2.07. The number of hydrogen-bond donors (Lipinski definition) is 1. The van der Waals surface area contributed by atoms with Crippen molar-refractivity contribution in [1.82, 2.24) is 9.62 Å². The van der Waals surface area contributed by atoms with E-state index in [-0.39, 0.29) is 12.4 Å². The number of carbonyl (C=O) groups is 1. The number of amides is 1. The lowest BCUT2D eigenvalue weighted by atomic mass is 10.1. The van der Waals surface area contributed by atoms with Gasteiger partial charge in [0.2, 0.25) is 15.9 Å². The molecule has 0 saturated carbocycles. The van der Waals surface area contributed by atoms with Gasteiger partial charge in [0.25, 0.3) is 0 Å². The van der Waals surface area contributed by atoms with Gasteiger partial charge in [0, 0.05) is 13.6 Å². The highest BCUT2D eigenvalue weighted by molar-refractivity contribution is 7.90. The van der Waals surface area contributed by atoms with Crippen LogP contribution in [0.3, 0.4) is 0 Å². The number of benzene rings is 1. The number of rotatable bonds is 6. The summed E-state index contributed by atoms with van der Waals surface area (Å²) in [6.45, 7) is 0.263. The molecule has 1 aromatic carbocycles. The summed E-state index contributed by atoms with van der Waals surface area (Å²) in [5.41, 5.74) is 0.499. The smallest absolute Gasteiger partial charge is 0.238 e. The SMILES string of the molecule is CNS(=O)(=O)CC(=O)N(C)CCc1ccccc1F. The minimum atomic E-state index is -3.57. The van der Waals surface area contributed by atoms with Crippen LogP contribution in [0.25, 0.3) is 0 Å². The van der Waals surface area contributed by atoms with Crippen molar-refractivity contribution < 1.29 is 17.6 Å². The maximum atomic E-state index is 13.4. The number of sulfonamides is 1. The van der Waals surface area contributed by atoms with Crippen LogP contribution in [-0.4, -0.2) is 45.6 Å². The van der Waals surface area contributed by atoms with Crippen molar-refractivity contribution in [3.63, 3.8) is 0 Å². The highest BCUT2D eigenvalue weighted by atomic mass is 32.2. The Kier molecular flexibility index (Phi) is 5.44. The van der Waals surface area contributed by atoms with Crippen molar-refractivity contribution in [3.8, 4) is 0 Å². The molecule has 0 aliphatic carbocycles. The molecule has 0 spiro atoms. The molecule has 0 unspecified atom stereocenters. The van der Waals surface area contributed by atoms with E-state index in [4.69, 9.17) is 0 Å². The fraction of sp³-hybridized carbons (Fsp3) is 0.417. The zero-order chi connectivity index (χ0) is 14.5. The standard InChI is InChI=1S/C12H17FN2O3S/c1-14-19(17,18)9-12(16)15(2)8-7-10-5-3-4-6-11(10)13/h3-6,14H,7-9H2,1-2H3. The van der Waals surface area contributed by atoms with Crippen LogP contribution in [0.5, 0.6) is 0 Å². The van der Waals surface area contributed by atoms with Gasteiger partial charge in [-0.2, -0.15) is 0 Å². The van der Waals surface area contributed by atoms with E-state index in [0.29, 0.717) is 12.0 Å².